The summed E-state index contributed by atoms with van der Waals surface area (Å²) in [6.07, 6.45) is 8.86. The lowest BCUT2D eigenvalue weighted by molar-refractivity contribution is 0.187. The van der Waals surface area contributed by atoms with Crippen LogP contribution in [0.15, 0.2) is 24.3 Å². The SMILES string of the molecule is CCC1(C(N)CC2CCOc3ccccc32)CCCC1. The molecule has 0 aromatic heterocycles. The Balaban J connectivity index is 1.75. The van der Waals surface area contributed by atoms with Crippen molar-refractivity contribution in [3.8, 4) is 5.75 Å². The molecule has 2 unspecified atom stereocenters. The lowest BCUT2D eigenvalue weighted by Gasteiger charge is -2.37. The summed E-state index contributed by atoms with van der Waals surface area (Å²) in [6, 6.07) is 8.84. The second-order valence-electron chi connectivity index (χ2n) is 6.64. The monoisotopic (exact) mass is 273 g/mol. The Labute approximate surface area is 122 Å². The summed E-state index contributed by atoms with van der Waals surface area (Å²) in [7, 11) is 0. The fourth-order valence-corrected chi connectivity index (χ4v) is 4.28. The molecule has 2 N–H and O–H groups in total. The Bertz CT molecular complexity index is 450. The van der Waals surface area contributed by atoms with Crippen LogP contribution in [0.2, 0.25) is 0 Å². The molecule has 2 aliphatic rings. The topological polar surface area (TPSA) is 35.2 Å². The summed E-state index contributed by atoms with van der Waals surface area (Å²) >= 11 is 0. The van der Waals surface area contributed by atoms with E-state index in [1.165, 1.54) is 37.7 Å². The van der Waals surface area contributed by atoms with E-state index in [1.54, 1.807) is 0 Å². The van der Waals surface area contributed by atoms with Crippen LogP contribution >= 0.6 is 0 Å². The minimum absolute atomic E-state index is 0.339. The van der Waals surface area contributed by atoms with Crippen LogP contribution in [0.3, 0.4) is 0 Å². The first-order chi connectivity index (χ1) is 9.75. The highest BCUT2D eigenvalue weighted by molar-refractivity contribution is 5.37. The third-order valence-electron chi connectivity index (χ3n) is 5.71. The summed E-state index contributed by atoms with van der Waals surface area (Å²) in [5.74, 6) is 1.66. The normalized spacial score (nSPS) is 25.8. The zero-order valence-electron chi connectivity index (χ0n) is 12.6. The summed E-state index contributed by atoms with van der Waals surface area (Å²) in [5.41, 5.74) is 8.46. The van der Waals surface area contributed by atoms with Gasteiger partial charge in [-0.2, -0.15) is 0 Å². The molecule has 3 rings (SSSR count). The van der Waals surface area contributed by atoms with E-state index in [9.17, 15) is 0 Å². The summed E-state index contributed by atoms with van der Waals surface area (Å²) in [5, 5.41) is 0. The van der Waals surface area contributed by atoms with E-state index in [4.69, 9.17) is 10.5 Å². The Kier molecular flexibility index (Phi) is 4.02. The fourth-order valence-electron chi connectivity index (χ4n) is 4.28. The van der Waals surface area contributed by atoms with E-state index in [-0.39, 0.29) is 0 Å². The van der Waals surface area contributed by atoms with Gasteiger partial charge in [0.05, 0.1) is 6.61 Å². The van der Waals surface area contributed by atoms with Gasteiger partial charge < -0.3 is 10.5 Å². The largest absolute Gasteiger partial charge is 0.493 e. The molecule has 0 bridgehead atoms. The summed E-state index contributed by atoms with van der Waals surface area (Å²) in [4.78, 5) is 0. The van der Waals surface area contributed by atoms with Crippen LogP contribution in [-0.2, 0) is 0 Å². The summed E-state index contributed by atoms with van der Waals surface area (Å²) < 4.78 is 5.77. The standard InChI is InChI=1S/C18H27NO/c1-2-18(10-5-6-11-18)17(19)13-14-9-12-20-16-8-4-3-7-15(14)16/h3-4,7-8,14,17H,2,5-6,9-13,19H2,1H3. The van der Waals surface area contributed by atoms with E-state index >= 15 is 0 Å². The minimum Gasteiger partial charge on any atom is -0.493 e. The zero-order chi connectivity index (χ0) is 14.0. The van der Waals surface area contributed by atoms with Crippen molar-refractivity contribution in [3.63, 3.8) is 0 Å². The second-order valence-corrected chi connectivity index (χ2v) is 6.64. The van der Waals surface area contributed by atoms with Crippen LogP contribution in [0.25, 0.3) is 0 Å². The van der Waals surface area contributed by atoms with Crippen molar-refractivity contribution in [1.82, 2.24) is 0 Å². The number of para-hydroxylation sites is 1. The Morgan fingerprint density at radius 2 is 2.05 bits per heavy atom. The van der Waals surface area contributed by atoms with E-state index in [2.05, 4.69) is 31.2 Å². The maximum atomic E-state index is 6.67. The Morgan fingerprint density at radius 1 is 1.30 bits per heavy atom. The number of hydrogen-bond acceptors (Lipinski definition) is 2. The average molecular weight is 273 g/mol. The van der Waals surface area contributed by atoms with Gasteiger partial charge in [0.1, 0.15) is 5.75 Å². The molecule has 1 saturated carbocycles. The predicted molar refractivity (Wildman–Crippen MR) is 83.1 cm³/mol. The molecule has 1 aliphatic heterocycles. The summed E-state index contributed by atoms with van der Waals surface area (Å²) in [6.45, 7) is 3.16. The first kappa shape index (κ1) is 13.9. The van der Waals surface area contributed by atoms with E-state index in [0.717, 1.165) is 25.2 Å². The van der Waals surface area contributed by atoms with Crippen LogP contribution in [-0.4, -0.2) is 12.6 Å². The van der Waals surface area contributed by atoms with Crippen LogP contribution in [0.1, 0.15) is 63.4 Å². The second kappa shape index (κ2) is 5.77. The van der Waals surface area contributed by atoms with Gasteiger partial charge in [-0.3, -0.25) is 0 Å². The van der Waals surface area contributed by atoms with Crippen LogP contribution in [0.4, 0.5) is 0 Å². The van der Waals surface area contributed by atoms with Gasteiger partial charge in [-0.25, -0.2) is 0 Å². The molecular weight excluding hydrogens is 246 g/mol. The molecule has 0 saturated heterocycles. The predicted octanol–water partition coefficient (Wildman–Crippen LogP) is 4.24. The van der Waals surface area contributed by atoms with Crippen molar-refractivity contribution >= 4 is 0 Å². The first-order valence-electron chi connectivity index (χ1n) is 8.22. The van der Waals surface area contributed by atoms with Crippen molar-refractivity contribution < 1.29 is 4.74 Å². The van der Waals surface area contributed by atoms with Gasteiger partial charge in [0, 0.05) is 6.04 Å². The first-order valence-corrected chi connectivity index (χ1v) is 8.22. The number of fused-ring (bicyclic) bond motifs is 1. The van der Waals surface area contributed by atoms with Crippen molar-refractivity contribution in [2.75, 3.05) is 6.61 Å². The van der Waals surface area contributed by atoms with E-state index in [0.29, 0.717) is 17.4 Å². The third kappa shape index (κ3) is 2.46. The van der Waals surface area contributed by atoms with Gasteiger partial charge in [-0.1, -0.05) is 38.0 Å². The molecule has 1 aliphatic carbocycles. The minimum atomic E-state index is 0.339. The maximum absolute atomic E-state index is 6.67. The molecule has 20 heavy (non-hydrogen) atoms. The molecule has 0 spiro atoms. The number of benzene rings is 1. The molecule has 2 heteroatoms. The maximum Gasteiger partial charge on any atom is 0.122 e. The van der Waals surface area contributed by atoms with E-state index < -0.39 is 0 Å². The average Bonchev–Trinajstić information content (AvgIpc) is 2.98. The number of ether oxygens (including phenoxy) is 1. The lowest BCUT2D eigenvalue weighted by atomic mass is 9.72. The van der Waals surface area contributed by atoms with Gasteiger partial charge in [0.25, 0.3) is 0 Å². The highest BCUT2D eigenvalue weighted by Gasteiger charge is 2.39. The molecule has 1 aromatic carbocycles. The number of hydrogen-bond donors (Lipinski definition) is 1. The van der Waals surface area contributed by atoms with Crippen molar-refractivity contribution in [3.05, 3.63) is 29.8 Å². The number of rotatable bonds is 4. The quantitative estimate of drug-likeness (QED) is 0.890. The van der Waals surface area contributed by atoms with Crippen molar-refractivity contribution in [2.45, 2.75) is 63.8 Å². The number of nitrogens with two attached hydrogens (primary N) is 1. The molecule has 1 fully saturated rings. The van der Waals surface area contributed by atoms with Crippen LogP contribution < -0.4 is 10.5 Å². The molecule has 2 atom stereocenters. The van der Waals surface area contributed by atoms with Crippen molar-refractivity contribution in [1.29, 1.82) is 0 Å². The molecule has 1 aromatic rings. The molecule has 0 amide bonds. The molecule has 0 radical (unpaired) electrons. The Hall–Kier alpha value is -1.02. The van der Waals surface area contributed by atoms with Gasteiger partial charge in [0.15, 0.2) is 0 Å². The smallest absolute Gasteiger partial charge is 0.122 e. The molecule has 1 heterocycles. The van der Waals surface area contributed by atoms with Gasteiger partial charge in [0.2, 0.25) is 0 Å². The molecule has 110 valence electrons. The lowest BCUT2D eigenvalue weighted by Crippen LogP contribution is -2.41. The van der Waals surface area contributed by atoms with Crippen LogP contribution in [0, 0.1) is 5.41 Å². The van der Waals surface area contributed by atoms with Gasteiger partial charge in [-0.15, -0.1) is 0 Å². The highest BCUT2D eigenvalue weighted by Crippen LogP contribution is 2.47. The third-order valence-corrected chi connectivity index (χ3v) is 5.71. The van der Waals surface area contributed by atoms with Gasteiger partial charge >= 0.3 is 0 Å². The zero-order valence-corrected chi connectivity index (χ0v) is 12.6. The highest BCUT2D eigenvalue weighted by atomic mass is 16.5. The van der Waals surface area contributed by atoms with Gasteiger partial charge in [-0.05, 0) is 55.1 Å². The Morgan fingerprint density at radius 3 is 2.80 bits per heavy atom. The molecule has 2 nitrogen and oxygen atoms in total. The molecular formula is C18H27NO. The van der Waals surface area contributed by atoms with E-state index in [1.807, 2.05) is 0 Å². The van der Waals surface area contributed by atoms with Crippen molar-refractivity contribution in [2.24, 2.45) is 11.1 Å². The van der Waals surface area contributed by atoms with Crippen LogP contribution in [0.5, 0.6) is 5.75 Å². The fraction of sp³-hybridized carbons (Fsp3) is 0.667.